The van der Waals surface area contributed by atoms with Crippen LogP contribution in [0.15, 0.2) is 59.5 Å². The van der Waals surface area contributed by atoms with E-state index in [0.29, 0.717) is 25.1 Å². The van der Waals surface area contributed by atoms with Crippen LogP contribution in [0.4, 0.5) is 10.5 Å². The summed E-state index contributed by atoms with van der Waals surface area (Å²) in [6.07, 6.45) is -1.44. The van der Waals surface area contributed by atoms with Crippen molar-refractivity contribution in [1.29, 1.82) is 5.26 Å². The number of nitrogens with zero attached hydrogens (tertiary/aromatic N) is 2. The highest BCUT2D eigenvalue weighted by molar-refractivity contribution is 7.89. The fraction of sp³-hybridized carbons (Fsp3) is 0.531. The van der Waals surface area contributed by atoms with Crippen LogP contribution in [0, 0.1) is 22.7 Å². The monoisotopic (exact) mass is 642 g/mol. The molecule has 0 spiro atoms. The Morgan fingerprint density at radius 3 is 2.64 bits per heavy atom. The molecule has 0 bridgehead atoms. The highest BCUT2D eigenvalue weighted by Crippen LogP contribution is 2.33. The van der Waals surface area contributed by atoms with E-state index in [0.717, 1.165) is 5.56 Å². The average Bonchev–Trinajstić information content (AvgIpc) is 3.61. The summed E-state index contributed by atoms with van der Waals surface area (Å²) < 4.78 is 46.2. The summed E-state index contributed by atoms with van der Waals surface area (Å²) >= 11 is 0. The van der Waals surface area contributed by atoms with E-state index in [2.05, 4.69) is 16.7 Å². The molecule has 0 radical (unpaired) electrons. The van der Waals surface area contributed by atoms with E-state index in [1.54, 1.807) is 6.07 Å². The minimum Gasteiger partial charge on any atom is -0.443 e. The van der Waals surface area contributed by atoms with Gasteiger partial charge in [-0.1, -0.05) is 50.2 Å². The number of ether oxygens (including phenoxy) is 3. The summed E-state index contributed by atoms with van der Waals surface area (Å²) in [5.41, 5.74) is 0.508. The van der Waals surface area contributed by atoms with Crippen LogP contribution in [0.1, 0.15) is 45.6 Å². The van der Waals surface area contributed by atoms with Crippen LogP contribution in [0.25, 0.3) is 0 Å². The van der Waals surface area contributed by atoms with Crippen LogP contribution < -0.4 is 10.6 Å². The first-order chi connectivity index (χ1) is 21.4. The van der Waals surface area contributed by atoms with Gasteiger partial charge in [0.1, 0.15) is 6.10 Å². The van der Waals surface area contributed by atoms with Gasteiger partial charge in [0, 0.05) is 32.1 Å². The number of aliphatic hydroxyl groups is 1. The van der Waals surface area contributed by atoms with Crippen molar-refractivity contribution in [1.82, 2.24) is 9.62 Å². The summed E-state index contributed by atoms with van der Waals surface area (Å²) in [6.45, 7) is 5.40. The average molecular weight is 643 g/mol. The Bertz CT molecular complexity index is 1460. The first-order valence-electron chi connectivity index (χ1n) is 15.0. The van der Waals surface area contributed by atoms with Gasteiger partial charge in [-0.2, -0.15) is 9.57 Å². The lowest BCUT2D eigenvalue weighted by molar-refractivity contribution is -0.114. The molecule has 5 atom stereocenters. The number of carbonyl (C=O) groups excluding carboxylic acids is 2. The summed E-state index contributed by atoms with van der Waals surface area (Å²) in [4.78, 5) is 24.7. The molecule has 2 saturated heterocycles. The molecule has 2 fully saturated rings. The topological polar surface area (TPSA) is 167 Å². The molecule has 2 aliphatic rings. The van der Waals surface area contributed by atoms with Gasteiger partial charge in [-0.15, -0.1) is 0 Å². The zero-order valence-electron chi connectivity index (χ0n) is 25.8. The van der Waals surface area contributed by atoms with Crippen molar-refractivity contribution in [3.05, 3.63) is 60.2 Å². The molecule has 2 unspecified atom stereocenters. The zero-order valence-corrected chi connectivity index (χ0v) is 26.7. The number of alkyl carbamates (subject to hydrolysis) is 1. The van der Waals surface area contributed by atoms with E-state index in [-0.39, 0.29) is 49.3 Å². The normalized spacial score (nSPS) is 21.0. The maximum atomic E-state index is 14.1. The maximum Gasteiger partial charge on any atom is 0.407 e. The van der Waals surface area contributed by atoms with Crippen LogP contribution >= 0.6 is 0 Å². The Balaban J connectivity index is 1.59. The lowest BCUT2D eigenvalue weighted by Crippen LogP contribution is -2.52. The van der Waals surface area contributed by atoms with Crippen molar-refractivity contribution >= 4 is 27.7 Å². The second-order valence-electron chi connectivity index (χ2n) is 12.3. The van der Waals surface area contributed by atoms with Crippen LogP contribution in [-0.2, 0) is 35.4 Å². The predicted molar refractivity (Wildman–Crippen MR) is 165 cm³/mol. The van der Waals surface area contributed by atoms with Gasteiger partial charge in [0.25, 0.3) is 0 Å². The van der Waals surface area contributed by atoms with Crippen molar-refractivity contribution < 1.29 is 37.3 Å². The lowest BCUT2D eigenvalue weighted by atomic mass is 9.88. The second-order valence-corrected chi connectivity index (χ2v) is 14.2. The van der Waals surface area contributed by atoms with Gasteiger partial charge in [-0.05, 0) is 48.4 Å². The third-order valence-corrected chi connectivity index (χ3v) is 9.82. The van der Waals surface area contributed by atoms with Crippen molar-refractivity contribution in [2.75, 3.05) is 31.6 Å². The molecule has 2 aromatic carbocycles. The number of carbonyl (C=O) groups is 2. The SMILES string of the molecule is CC(=O)Nc1cccc(S(=O)(=O)N(CC(O)C(Cc2ccccc2)NC(=O)O[C@H]2CO[C@H]3OCC[C@H]32)CC(C)(C)CCC#N)c1. The molecule has 2 aromatic rings. The Kier molecular flexibility index (Phi) is 11.6. The number of nitrogens with one attached hydrogen (secondary N) is 2. The van der Waals surface area contributed by atoms with Gasteiger partial charge in [0.15, 0.2) is 6.29 Å². The first-order valence-corrected chi connectivity index (χ1v) is 16.5. The molecule has 2 amide bonds. The Morgan fingerprint density at radius 1 is 1.18 bits per heavy atom. The number of aliphatic hydroxyl groups excluding tert-OH is 1. The molecule has 13 heteroatoms. The van der Waals surface area contributed by atoms with Crippen LogP contribution in [0.3, 0.4) is 0 Å². The van der Waals surface area contributed by atoms with E-state index in [4.69, 9.17) is 14.2 Å². The number of benzene rings is 2. The van der Waals surface area contributed by atoms with Gasteiger partial charge in [0.2, 0.25) is 15.9 Å². The number of amides is 2. The van der Waals surface area contributed by atoms with E-state index < -0.39 is 46.1 Å². The largest absolute Gasteiger partial charge is 0.443 e. The lowest BCUT2D eigenvalue weighted by Gasteiger charge is -2.35. The summed E-state index contributed by atoms with van der Waals surface area (Å²) in [6, 6.07) is 16.3. The van der Waals surface area contributed by atoms with E-state index in [1.807, 2.05) is 44.2 Å². The van der Waals surface area contributed by atoms with Crippen LogP contribution in [0.2, 0.25) is 0 Å². The number of sulfonamides is 1. The van der Waals surface area contributed by atoms with Crippen LogP contribution in [-0.4, -0.2) is 80.7 Å². The number of anilines is 1. The highest BCUT2D eigenvalue weighted by Gasteiger charge is 2.44. The zero-order chi connectivity index (χ0) is 32.6. The molecular weight excluding hydrogens is 600 g/mol. The number of hydrogen-bond donors (Lipinski definition) is 3. The molecule has 0 aromatic heterocycles. The molecule has 2 heterocycles. The van der Waals surface area contributed by atoms with Gasteiger partial charge < -0.3 is 30.0 Å². The molecule has 45 heavy (non-hydrogen) atoms. The summed E-state index contributed by atoms with van der Waals surface area (Å²) in [7, 11) is -4.21. The Morgan fingerprint density at radius 2 is 1.93 bits per heavy atom. The van der Waals surface area contributed by atoms with E-state index in [9.17, 15) is 28.4 Å². The van der Waals surface area contributed by atoms with Crippen molar-refractivity contribution in [3.8, 4) is 6.07 Å². The van der Waals surface area contributed by atoms with E-state index >= 15 is 0 Å². The number of nitriles is 1. The van der Waals surface area contributed by atoms with Gasteiger partial charge in [-0.25, -0.2) is 13.2 Å². The quantitative estimate of drug-likeness (QED) is 0.280. The van der Waals surface area contributed by atoms with Crippen molar-refractivity contribution in [2.24, 2.45) is 11.3 Å². The Labute approximate surface area is 264 Å². The van der Waals surface area contributed by atoms with Crippen molar-refractivity contribution in [3.63, 3.8) is 0 Å². The number of fused-ring (bicyclic) bond motifs is 1. The summed E-state index contributed by atoms with van der Waals surface area (Å²) in [5, 5.41) is 26.2. The van der Waals surface area contributed by atoms with Gasteiger partial charge in [0.05, 0.1) is 42.2 Å². The van der Waals surface area contributed by atoms with Gasteiger partial charge in [-0.3, -0.25) is 4.79 Å². The van der Waals surface area contributed by atoms with E-state index in [1.165, 1.54) is 29.4 Å². The number of hydrogen-bond acceptors (Lipinski definition) is 9. The molecule has 12 nitrogen and oxygen atoms in total. The number of rotatable bonds is 14. The summed E-state index contributed by atoms with van der Waals surface area (Å²) in [5.74, 6) is -0.422. The molecule has 3 N–H and O–H groups in total. The fourth-order valence-electron chi connectivity index (χ4n) is 5.64. The second kappa shape index (κ2) is 15.2. The molecule has 2 aliphatic heterocycles. The van der Waals surface area contributed by atoms with Gasteiger partial charge >= 0.3 is 6.09 Å². The molecule has 4 rings (SSSR count). The third-order valence-electron chi connectivity index (χ3n) is 8.01. The van der Waals surface area contributed by atoms with Crippen molar-refractivity contribution in [2.45, 2.75) is 75.9 Å². The minimum absolute atomic E-state index is 0.0105. The molecular formula is C32H42N4O8S. The molecule has 244 valence electrons. The fourth-order valence-corrected chi connectivity index (χ4v) is 7.34. The molecule has 0 aliphatic carbocycles. The third kappa shape index (κ3) is 9.48. The standard InChI is InChI=1S/C32H42N4O8S/c1-22(37)34-24-11-7-12-25(18-24)45(40,41)36(21-32(2,3)14-8-15-33)19-28(38)27(17-23-9-5-4-6-10-23)35-31(39)44-29-20-43-30-26(29)13-16-42-30/h4-7,9-12,18,26-30,38H,8,13-14,16-17,19-21H2,1-3H3,(H,34,37)(H,35,39)/t26-,27?,28?,29-,30+/m0/s1. The first kappa shape index (κ1) is 34.3. The maximum absolute atomic E-state index is 14.1. The van der Waals surface area contributed by atoms with Crippen LogP contribution in [0.5, 0.6) is 0 Å². The molecule has 0 saturated carbocycles. The Hall–Kier alpha value is -3.54. The smallest absolute Gasteiger partial charge is 0.407 e. The minimum atomic E-state index is -4.21. The predicted octanol–water partition coefficient (Wildman–Crippen LogP) is 3.43. The highest BCUT2D eigenvalue weighted by atomic mass is 32.2.